The van der Waals surface area contributed by atoms with Crippen molar-refractivity contribution in [1.29, 1.82) is 0 Å². The fourth-order valence-electron chi connectivity index (χ4n) is 4.86. The number of alkyl halides is 3. The SMILES string of the molecule is NCC(CNCc1cccc(C(=O)Nc2ccc(N3CCCCC3)cc2C(=O)NN=Cc2ccc(Cl)c(C(F)(F)F)c2)c1)NN. The largest absolute Gasteiger partial charge is 0.417 e. The van der Waals surface area contributed by atoms with Gasteiger partial charge in [-0.3, -0.25) is 20.9 Å². The molecule has 1 fully saturated rings. The van der Waals surface area contributed by atoms with E-state index in [1.807, 2.05) is 12.1 Å². The first kappa shape index (κ1) is 33.9. The molecule has 1 atom stereocenters. The predicted molar refractivity (Wildman–Crippen MR) is 170 cm³/mol. The second-order valence-electron chi connectivity index (χ2n) is 10.6. The Morgan fingerprint density at radius 1 is 1.02 bits per heavy atom. The molecule has 0 radical (unpaired) electrons. The summed E-state index contributed by atoms with van der Waals surface area (Å²) in [5, 5.41) is 9.49. The summed E-state index contributed by atoms with van der Waals surface area (Å²) >= 11 is 5.69. The van der Waals surface area contributed by atoms with Crippen LogP contribution in [0.25, 0.3) is 0 Å². The summed E-state index contributed by atoms with van der Waals surface area (Å²) in [5.74, 6) is 4.39. The molecule has 0 spiro atoms. The maximum Gasteiger partial charge on any atom is 0.417 e. The van der Waals surface area contributed by atoms with E-state index in [4.69, 9.17) is 23.2 Å². The lowest BCUT2D eigenvalue weighted by Crippen LogP contribution is -2.47. The highest BCUT2D eigenvalue weighted by Gasteiger charge is 2.33. The standard InChI is InChI=1S/C31H36ClF3N8O2/c32-27-9-7-21(14-26(27)31(33,34)35)18-39-42-30(45)25-15-24(43-11-2-1-3-12-43)8-10-28(25)40-29(44)22-6-4-5-20(13-22)17-38-19-23(16-36)41-37/h4-10,13-15,18,23,38,41H,1-3,11-12,16-17,19,36-37H2,(H,40,44)(H,42,45). The third-order valence-corrected chi connectivity index (χ3v) is 7.65. The number of nitrogens with two attached hydrogens (primary N) is 2. The number of anilines is 2. The molecule has 3 aromatic carbocycles. The Morgan fingerprint density at radius 3 is 2.51 bits per heavy atom. The van der Waals surface area contributed by atoms with Crippen LogP contribution in [0.4, 0.5) is 24.5 Å². The Labute approximate surface area is 264 Å². The molecule has 1 unspecified atom stereocenters. The van der Waals surface area contributed by atoms with Crippen molar-refractivity contribution in [3.05, 3.63) is 93.5 Å². The fraction of sp³-hybridized carbons (Fsp3) is 0.323. The zero-order chi connectivity index (χ0) is 32.4. The number of amides is 2. The second-order valence-corrected chi connectivity index (χ2v) is 11.0. The first-order chi connectivity index (χ1) is 21.6. The number of hydrazone groups is 1. The minimum Gasteiger partial charge on any atom is -0.372 e. The zero-order valence-corrected chi connectivity index (χ0v) is 25.2. The van der Waals surface area contributed by atoms with Crippen molar-refractivity contribution in [1.82, 2.24) is 16.2 Å². The van der Waals surface area contributed by atoms with Gasteiger partial charge in [0.25, 0.3) is 11.8 Å². The van der Waals surface area contributed by atoms with E-state index in [-0.39, 0.29) is 22.9 Å². The number of nitrogens with zero attached hydrogens (tertiary/aromatic N) is 2. The Bertz CT molecular complexity index is 1510. The number of rotatable bonds is 12. The highest BCUT2D eigenvalue weighted by atomic mass is 35.5. The number of carbonyl (C=O) groups is 2. The maximum absolute atomic E-state index is 13.3. The quantitative estimate of drug-likeness (QED) is 0.0981. The van der Waals surface area contributed by atoms with Gasteiger partial charge in [0, 0.05) is 50.0 Å². The van der Waals surface area contributed by atoms with Crippen LogP contribution in [-0.2, 0) is 12.7 Å². The van der Waals surface area contributed by atoms with Gasteiger partial charge in [0.05, 0.1) is 28.1 Å². The Kier molecular flexibility index (Phi) is 11.9. The van der Waals surface area contributed by atoms with Gasteiger partial charge in [-0.2, -0.15) is 18.3 Å². The summed E-state index contributed by atoms with van der Waals surface area (Å²) in [5.41, 5.74) is 12.2. The molecule has 1 aliphatic heterocycles. The van der Waals surface area contributed by atoms with Crippen molar-refractivity contribution >= 4 is 41.0 Å². The van der Waals surface area contributed by atoms with Crippen LogP contribution in [0.3, 0.4) is 0 Å². The van der Waals surface area contributed by atoms with Gasteiger partial charge in [0.15, 0.2) is 0 Å². The summed E-state index contributed by atoms with van der Waals surface area (Å²) in [6, 6.07) is 15.4. The number of benzene rings is 3. The Morgan fingerprint density at radius 2 is 1.80 bits per heavy atom. The molecule has 3 aromatic rings. The molecule has 1 saturated heterocycles. The van der Waals surface area contributed by atoms with Crippen LogP contribution in [0.5, 0.6) is 0 Å². The Balaban J connectivity index is 1.52. The average molecular weight is 645 g/mol. The summed E-state index contributed by atoms with van der Waals surface area (Å²) in [7, 11) is 0. The number of hydrogen-bond acceptors (Lipinski definition) is 8. The summed E-state index contributed by atoms with van der Waals surface area (Å²) in [6.45, 7) is 3.04. The molecule has 8 N–H and O–H groups in total. The topological polar surface area (TPSA) is 150 Å². The minimum atomic E-state index is -4.64. The molecular formula is C31H36ClF3N8O2. The third kappa shape index (κ3) is 9.49. The summed E-state index contributed by atoms with van der Waals surface area (Å²) in [6.07, 6.45) is -0.384. The van der Waals surface area contributed by atoms with Crippen molar-refractivity contribution in [2.24, 2.45) is 16.7 Å². The molecule has 1 heterocycles. The van der Waals surface area contributed by atoms with Crippen LogP contribution in [0.1, 0.15) is 56.7 Å². The van der Waals surface area contributed by atoms with Crippen molar-refractivity contribution in [3.8, 4) is 0 Å². The molecule has 240 valence electrons. The Hall–Kier alpha value is -4.01. The molecule has 0 aliphatic carbocycles. The van der Waals surface area contributed by atoms with E-state index in [9.17, 15) is 22.8 Å². The molecular weight excluding hydrogens is 609 g/mol. The monoisotopic (exact) mass is 644 g/mol. The number of piperidine rings is 1. The van der Waals surface area contributed by atoms with Gasteiger partial charge in [0.2, 0.25) is 0 Å². The van der Waals surface area contributed by atoms with Gasteiger partial charge < -0.3 is 21.3 Å². The molecule has 2 amide bonds. The lowest BCUT2D eigenvalue weighted by atomic mass is 10.1. The van der Waals surface area contributed by atoms with E-state index in [0.717, 1.165) is 62.0 Å². The minimum absolute atomic E-state index is 0.0924. The molecule has 0 saturated carbocycles. The highest BCUT2D eigenvalue weighted by Crippen LogP contribution is 2.35. The average Bonchev–Trinajstić information content (AvgIpc) is 3.04. The first-order valence-corrected chi connectivity index (χ1v) is 14.8. The molecule has 1 aliphatic rings. The van der Waals surface area contributed by atoms with Crippen LogP contribution in [0.15, 0.2) is 65.8 Å². The lowest BCUT2D eigenvalue weighted by Gasteiger charge is -2.29. The van der Waals surface area contributed by atoms with Crippen LogP contribution >= 0.6 is 11.6 Å². The van der Waals surface area contributed by atoms with Gasteiger partial charge in [-0.15, -0.1) is 0 Å². The van der Waals surface area contributed by atoms with E-state index in [1.54, 1.807) is 30.3 Å². The number of hydrazine groups is 1. The summed E-state index contributed by atoms with van der Waals surface area (Å²) < 4.78 is 39.7. The highest BCUT2D eigenvalue weighted by molar-refractivity contribution is 6.31. The van der Waals surface area contributed by atoms with Crippen LogP contribution in [-0.4, -0.2) is 50.2 Å². The van der Waals surface area contributed by atoms with Crippen molar-refractivity contribution < 1.29 is 22.8 Å². The number of hydrogen-bond donors (Lipinski definition) is 6. The lowest BCUT2D eigenvalue weighted by molar-refractivity contribution is -0.137. The van der Waals surface area contributed by atoms with Gasteiger partial charge >= 0.3 is 6.18 Å². The molecule has 45 heavy (non-hydrogen) atoms. The van der Waals surface area contributed by atoms with Crippen LogP contribution in [0.2, 0.25) is 5.02 Å². The van der Waals surface area contributed by atoms with Crippen molar-refractivity contribution in [2.75, 3.05) is 36.4 Å². The maximum atomic E-state index is 13.3. The van der Waals surface area contributed by atoms with Crippen molar-refractivity contribution in [2.45, 2.75) is 38.0 Å². The molecule has 10 nitrogen and oxygen atoms in total. The predicted octanol–water partition coefficient (Wildman–Crippen LogP) is 4.25. The first-order valence-electron chi connectivity index (χ1n) is 14.5. The zero-order valence-electron chi connectivity index (χ0n) is 24.5. The van der Waals surface area contributed by atoms with Crippen molar-refractivity contribution in [3.63, 3.8) is 0 Å². The third-order valence-electron chi connectivity index (χ3n) is 7.32. The smallest absolute Gasteiger partial charge is 0.372 e. The van der Waals surface area contributed by atoms with E-state index < -0.39 is 28.6 Å². The summed E-state index contributed by atoms with van der Waals surface area (Å²) in [4.78, 5) is 28.8. The van der Waals surface area contributed by atoms with E-state index >= 15 is 0 Å². The van der Waals surface area contributed by atoms with Gasteiger partial charge in [-0.1, -0.05) is 29.8 Å². The van der Waals surface area contributed by atoms with Crippen LogP contribution in [0, 0.1) is 0 Å². The molecule has 0 aromatic heterocycles. The number of nitrogens with one attached hydrogen (secondary N) is 4. The van der Waals surface area contributed by atoms with E-state index in [1.165, 1.54) is 6.07 Å². The van der Waals surface area contributed by atoms with Crippen LogP contribution < -0.4 is 38.0 Å². The van der Waals surface area contributed by atoms with E-state index in [2.05, 4.69) is 31.5 Å². The van der Waals surface area contributed by atoms with Gasteiger partial charge in [-0.05, 0) is 72.9 Å². The fourth-order valence-corrected chi connectivity index (χ4v) is 5.09. The second kappa shape index (κ2) is 15.8. The molecule has 0 bridgehead atoms. The van der Waals surface area contributed by atoms with E-state index in [0.29, 0.717) is 25.2 Å². The molecule has 4 rings (SSSR count). The number of halogens is 4. The molecule has 14 heteroatoms. The van der Waals surface area contributed by atoms with Gasteiger partial charge in [-0.25, -0.2) is 5.43 Å². The number of carbonyl (C=O) groups excluding carboxylic acids is 2. The van der Waals surface area contributed by atoms with Gasteiger partial charge in [0.1, 0.15) is 0 Å². The normalized spacial score (nSPS) is 14.4.